The summed E-state index contributed by atoms with van der Waals surface area (Å²) in [6, 6.07) is 8.04. The Balaban J connectivity index is 2.19. The summed E-state index contributed by atoms with van der Waals surface area (Å²) in [5.41, 5.74) is 0.793. The maximum Gasteiger partial charge on any atom is 0.167 e. The van der Waals surface area contributed by atoms with Gasteiger partial charge in [-0.15, -0.1) is 0 Å². The molecule has 0 amide bonds. The molecule has 0 unspecified atom stereocenters. The third-order valence-corrected chi connectivity index (χ3v) is 3.11. The highest BCUT2D eigenvalue weighted by molar-refractivity contribution is 6.30. The number of carbonyl (C=O) groups excluding carboxylic acids is 1. The third kappa shape index (κ3) is 3.14. The highest BCUT2D eigenvalue weighted by atomic mass is 35.5. The summed E-state index contributed by atoms with van der Waals surface area (Å²) >= 11 is 5.65. The van der Waals surface area contributed by atoms with Gasteiger partial charge in [-0.3, -0.25) is 4.79 Å². The Bertz CT molecular complexity index is 656. The molecule has 0 fully saturated rings. The Morgan fingerprint density at radius 2 is 1.90 bits per heavy atom. The van der Waals surface area contributed by atoms with E-state index in [0.29, 0.717) is 5.56 Å². The first-order chi connectivity index (χ1) is 9.51. The summed E-state index contributed by atoms with van der Waals surface area (Å²) in [5.74, 6) is -1.35. The van der Waals surface area contributed by atoms with Crippen LogP contribution in [-0.2, 0) is 6.42 Å². The van der Waals surface area contributed by atoms with Crippen molar-refractivity contribution in [2.24, 2.45) is 0 Å². The van der Waals surface area contributed by atoms with E-state index in [0.717, 1.165) is 6.07 Å². The van der Waals surface area contributed by atoms with Gasteiger partial charge in [-0.1, -0.05) is 17.7 Å². The molecule has 0 aliphatic carbocycles. The van der Waals surface area contributed by atoms with Crippen molar-refractivity contribution in [3.05, 3.63) is 64.2 Å². The topological polar surface area (TPSA) is 26.3 Å². The van der Waals surface area contributed by atoms with Gasteiger partial charge in [0.2, 0.25) is 0 Å². The number of carbonyl (C=O) groups is 1. The van der Waals surface area contributed by atoms with Gasteiger partial charge in [0, 0.05) is 12.0 Å². The third-order valence-electron chi connectivity index (χ3n) is 2.82. The fraction of sp³-hybridized carbons (Fsp3) is 0.133. The fourth-order valence-electron chi connectivity index (χ4n) is 1.78. The highest BCUT2D eigenvalue weighted by Crippen LogP contribution is 2.20. The van der Waals surface area contributed by atoms with Crippen molar-refractivity contribution in [3.8, 4) is 5.75 Å². The molecule has 104 valence electrons. The maximum atomic E-state index is 13.5. The van der Waals surface area contributed by atoms with Gasteiger partial charge in [0.05, 0.1) is 12.1 Å². The smallest absolute Gasteiger partial charge is 0.167 e. The SMILES string of the molecule is COc1ccc(C(=O)Cc2ccc(F)c(Cl)c2)cc1F. The lowest BCUT2D eigenvalue weighted by Crippen LogP contribution is -2.04. The van der Waals surface area contributed by atoms with Gasteiger partial charge in [-0.2, -0.15) is 0 Å². The summed E-state index contributed by atoms with van der Waals surface area (Å²) in [4.78, 5) is 12.0. The molecule has 0 saturated heterocycles. The van der Waals surface area contributed by atoms with E-state index in [4.69, 9.17) is 16.3 Å². The number of Topliss-reactive ketones (excluding diaryl/α,β-unsaturated/α-hetero) is 1. The lowest BCUT2D eigenvalue weighted by molar-refractivity contribution is 0.0992. The van der Waals surface area contributed by atoms with Crippen LogP contribution in [0.15, 0.2) is 36.4 Å². The van der Waals surface area contributed by atoms with Crippen molar-refractivity contribution in [2.45, 2.75) is 6.42 Å². The molecular weight excluding hydrogens is 286 g/mol. The molecule has 2 rings (SSSR count). The first-order valence-corrected chi connectivity index (χ1v) is 6.19. The van der Waals surface area contributed by atoms with E-state index in [2.05, 4.69) is 0 Å². The molecule has 2 aromatic rings. The van der Waals surface area contributed by atoms with Crippen molar-refractivity contribution in [1.29, 1.82) is 0 Å². The van der Waals surface area contributed by atoms with E-state index in [1.807, 2.05) is 0 Å². The Labute approximate surface area is 119 Å². The number of halogens is 3. The van der Waals surface area contributed by atoms with Crippen LogP contribution in [-0.4, -0.2) is 12.9 Å². The van der Waals surface area contributed by atoms with Crippen LogP contribution in [0.4, 0.5) is 8.78 Å². The maximum absolute atomic E-state index is 13.5. The second-order valence-corrected chi connectivity index (χ2v) is 4.60. The van der Waals surface area contributed by atoms with Gasteiger partial charge in [0.25, 0.3) is 0 Å². The van der Waals surface area contributed by atoms with Crippen molar-refractivity contribution in [1.82, 2.24) is 0 Å². The number of rotatable bonds is 4. The average Bonchev–Trinajstić information content (AvgIpc) is 2.42. The van der Waals surface area contributed by atoms with Gasteiger partial charge in [0.15, 0.2) is 17.3 Å². The van der Waals surface area contributed by atoms with Crippen molar-refractivity contribution in [3.63, 3.8) is 0 Å². The number of hydrogen-bond donors (Lipinski definition) is 0. The fourth-order valence-corrected chi connectivity index (χ4v) is 1.98. The lowest BCUT2D eigenvalue weighted by atomic mass is 10.0. The minimum atomic E-state index is -0.601. The van der Waals surface area contributed by atoms with E-state index in [1.54, 1.807) is 0 Å². The number of benzene rings is 2. The predicted molar refractivity (Wildman–Crippen MR) is 72.4 cm³/mol. The largest absolute Gasteiger partial charge is 0.494 e. The molecule has 0 aliphatic heterocycles. The summed E-state index contributed by atoms with van der Waals surface area (Å²) in [6.07, 6.45) is 0.0196. The average molecular weight is 297 g/mol. The van der Waals surface area contributed by atoms with Crippen LogP contribution in [0.3, 0.4) is 0 Å². The summed E-state index contributed by atoms with van der Waals surface area (Å²) in [5, 5.41) is -0.0452. The molecule has 0 N–H and O–H groups in total. The molecule has 0 heterocycles. The van der Waals surface area contributed by atoms with Gasteiger partial charge in [-0.25, -0.2) is 8.78 Å². The minimum Gasteiger partial charge on any atom is -0.494 e. The first kappa shape index (κ1) is 14.5. The zero-order chi connectivity index (χ0) is 14.7. The number of ether oxygens (including phenoxy) is 1. The summed E-state index contributed by atoms with van der Waals surface area (Å²) in [6.45, 7) is 0. The van der Waals surface area contributed by atoms with E-state index in [9.17, 15) is 13.6 Å². The first-order valence-electron chi connectivity index (χ1n) is 5.82. The second kappa shape index (κ2) is 6.01. The van der Waals surface area contributed by atoms with Crippen LogP contribution in [0.1, 0.15) is 15.9 Å². The van der Waals surface area contributed by atoms with Gasteiger partial charge in [0.1, 0.15) is 5.82 Å². The lowest BCUT2D eigenvalue weighted by Gasteiger charge is -2.05. The Hall–Kier alpha value is -1.94. The van der Waals surface area contributed by atoms with Crippen LogP contribution in [0.25, 0.3) is 0 Å². The Morgan fingerprint density at radius 1 is 1.15 bits per heavy atom. The summed E-state index contributed by atoms with van der Waals surface area (Å²) < 4.78 is 31.3. The standard InChI is InChI=1S/C15H11ClF2O2/c1-20-15-5-3-10(8-13(15)18)14(19)7-9-2-4-12(17)11(16)6-9/h2-6,8H,7H2,1H3. The van der Waals surface area contributed by atoms with Crippen LogP contribution in [0.5, 0.6) is 5.75 Å². The van der Waals surface area contributed by atoms with Gasteiger partial charge in [-0.05, 0) is 35.9 Å². The van der Waals surface area contributed by atoms with Crippen molar-refractivity contribution >= 4 is 17.4 Å². The van der Waals surface area contributed by atoms with E-state index in [-0.39, 0.29) is 28.5 Å². The van der Waals surface area contributed by atoms with Gasteiger partial charge >= 0.3 is 0 Å². The van der Waals surface area contributed by atoms with Crippen molar-refractivity contribution < 1.29 is 18.3 Å². The minimum absolute atomic E-state index is 0.0196. The quantitative estimate of drug-likeness (QED) is 0.796. The molecule has 0 aromatic heterocycles. The molecule has 5 heteroatoms. The number of ketones is 1. The number of methoxy groups -OCH3 is 1. The van der Waals surface area contributed by atoms with E-state index >= 15 is 0 Å². The molecule has 0 saturated carbocycles. The summed E-state index contributed by atoms with van der Waals surface area (Å²) in [7, 11) is 1.35. The normalized spacial score (nSPS) is 10.4. The second-order valence-electron chi connectivity index (χ2n) is 4.20. The zero-order valence-electron chi connectivity index (χ0n) is 10.6. The molecule has 0 aliphatic rings. The molecule has 2 nitrogen and oxygen atoms in total. The van der Waals surface area contributed by atoms with Gasteiger partial charge < -0.3 is 4.74 Å². The van der Waals surface area contributed by atoms with E-state index < -0.39 is 11.6 Å². The monoisotopic (exact) mass is 296 g/mol. The Kier molecular flexibility index (Phi) is 4.35. The highest BCUT2D eigenvalue weighted by Gasteiger charge is 2.12. The predicted octanol–water partition coefficient (Wildman–Crippen LogP) is 4.05. The number of hydrogen-bond acceptors (Lipinski definition) is 2. The van der Waals surface area contributed by atoms with Crippen LogP contribution >= 0.6 is 11.6 Å². The molecule has 20 heavy (non-hydrogen) atoms. The van der Waals surface area contributed by atoms with Crippen molar-refractivity contribution in [2.75, 3.05) is 7.11 Å². The molecule has 2 aromatic carbocycles. The van der Waals surface area contributed by atoms with Crippen LogP contribution in [0, 0.1) is 11.6 Å². The molecule has 0 atom stereocenters. The van der Waals surface area contributed by atoms with Crippen LogP contribution in [0.2, 0.25) is 5.02 Å². The van der Waals surface area contributed by atoms with Crippen LogP contribution < -0.4 is 4.74 Å². The molecule has 0 radical (unpaired) electrons. The molecule has 0 bridgehead atoms. The Morgan fingerprint density at radius 3 is 2.50 bits per heavy atom. The zero-order valence-corrected chi connectivity index (χ0v) is 11.4. The molecular formula is C15H11ClF2O2. The van der Waals surface area contributed by atoms with E-state index in [1.165, 1.54) is 37.4 Å². The molecule has 0 spiro atoms.